The van der Waals surface area contributed by atoms with Gasteiger partial charge in [0.15, 0.2) is 5.96 Å². The van der Waals surface area contributed by atoms with E-state index in [9.17, 15) is 4.79 Å². The van der Waals surface area contributed by atoms with Gasteiger partial charge in [0.1, 0.15) is 0 Å². The fourth-order valence-electron chi connectivity index (χ4n) is 3.03. The number of carbonyl (C=O) groups is 1. The van der Waals surface area contributed by atoms with Crippen LogP contribution in [0.4, 0.5) is 0 Å². The summed E-state index contributed by atoms with van der Waals surface area (Å²) in [4.78, 5) is 23.0. The molecule has 0 spiro atoms. The van der Waals surface area contributed by atoms with Gasteiger partial charge >= 0.3 is 0 Å². The number of likely N-dealkylation sites (N-methyl/N-ethyl adjacent to an activating group) is 1. The average molecular weight is 341 g/mol. The van der Waals surface area contributed by atoms with Gasteiger partial charge in [0.05, 0.1) is 19.3 Å². The number of hydrogen-bond acceptors (Lipinski definition) is 5. The van der Waals surface area contributed by atoms with Gasteiger partial charge in [-0.15, -0.1) is 0 Å². The Kier molecular flexibility index (Phi) is 7.74. The van der Waals surface area contributed by atoms with Crippen LogP contribution in [0.5, 0.6) is 0 Å². The number of piperazine rings is 1. The van der Waals surface area contributed by atoms with Gasteiger partial charge in [0.2, 0.25) is 5.91 Å². The van der Waals surface area contributed by atoms with Crippen LogP contribution in [-0.4, -0.2) is 113 Å². The van der Waals surface area contributed by atoms with E-state index in [1.54, 1.807) is 14.2 Å². The maximum absolute atomic E-state index is 12.3. The lowest BCUT2D eigenvalue weighted by Gasteiger charge is -2.35. The molecule has 2 saturated heterocycles. The molecule has 2 rings (SSSR count). The zero-order valence-corrected chi connectivity index (χ0v) is 15.2. The number of methoxy groups -OCH3 is 1. The minimum Gasteiger partial charge on any atom is -0.382 e. The fourth-order valence-corrected chi connectivity index (χ4v) is 3.03. The van der Waals surface area contributed by atoms with Crippen molar-refractivity contribution < 1.29 is 14.3 Å². The van der Waals surface area contributed by atoms with Crippen LogP contribution in [0.2, 0.25) is 0 Å². The van der Waals surface area contributed by atoms with Gasteiger partial charge < -0.3 is 29.5 Å². The molecule has 1 amide bonds. The molecular formula is C16H31N5O3. The molecule has 0 bridgehead atoms. The highest BCUT2D eigenvalue weighted by Gasteiger charge is 2.23. The van der Waals surface area contributed by atoms with E-state index in [0.717, 1.165) is 45.2 Å². The third-order valence-corrected chi connectivity index (χ3v) is 4.48. The number of morpholine rings is 1. The van der Waals surface area contributed by atoms with Gasteiger partial charge in [-0.2, -0.15) is 0 Å². The Hall–Kier alpha value is -1.38. The van der Waals surface area contributed by atoms with Crippen molar-refractivity contribution in [2.75, 3.05) is 80.2 Å². The molecule has 8 nitrogen and oxygen atoms in total. The van der Waals surface area contributed by atoms with Crippen molar-refractivity contribution in [1.29, 1.82) is 0 Å². The Morgan fingerprint density at radius 2 is 2.00 bits per heavy atom. The predicted molar refractivity (Wildman–Crippen MR) is 93.2 cm³/mol. The first-order valence-corrected chi connectivity index (χ1v) is 8.66. The van der Waals surface area contributed by atoms with Crippen LogP contribution in [0.25, 0.3) is 0 Å². The van der Waals surface area contributed by atoms with Crippen molar-refractivity contribution in [1.82, 2.24) is 20.0 Å². The van der Waals surface area contributed by atoms with Crippen LogP contribution in [0.1, 0.15) is 6.42 Å². The standard InChI is InChI=1S/C16H31N5O3/c1-17-16(21-10-11-24-14(12-21)13-23-3)18-5-4-15(22)20-8-6-19(2)7-9-20/h14H,4-13H2,1-3H3,(H,17,18). The number of rotatable bonds is 5. The Labute approximate surface area is 144 Å². The molecule has 138 valence electrons. The van der Waals surface area contributed by atoms with E-state index in [1.165, 1.54) is 0 Å². The predicted octanol–water partition coefficient (Wildman–Crippen LogP) is -0.927. The van der Waals surface area contributed by atoms with Crippen molar-refractivity contribution in [2.24, 2.45) is 4.99 Å². The highest BCUT2D eigenvalue weighted by Crippen LogP contribution is 2.06. The number of guanidine groups is 1. The Bertz CT molecular complexity index is 422. The van der Waals surface area contributed by atoms with Gasteiger partial charge in [-0.3, -0.25) is 9.79 Å². The lowest BCUT2D eigenvalue weighted by atomic mass is 10.3. The molecule has 2 heterocycles. The number of hydrogen-bond donors (Lipinski definition) is 1. The molecule has 24 heavy (non-hydrogen) atoms. The Morgan fingerprint density at radius 3 is 2.67 bits per heavy atom. The molecule has 8 heteroatoms. The monoisotopic (exact) mass is 341 g/mol. The summed E-state index contributed by atoms with van der Waals surface area (Å²) in [6.45, 7) is 6.95. The van der Waals surface area contributed by atoms with Crippen LogP contribution in [0, 0.1) is 0 Å². The average Bonchev–Trinajstić information content (AvgIpc) is 2.60. The summed E-state index contributed by atoms with van der Waals surface area (Å²) in [5.41, 5.74) is 0. The zero-order valence-electron chi connectivity index (χ0n) is 15.2. The largest absolute Gasteiger partial charge is 0.382 e. The zero-order chi connectivity index (χ0) is 17.4. The molecule has 2 fully saturated rings. The second kappa shape index (κ2) is 9.80. The molecule has 1 atom stereocenters. The van der Waals surface area contributed by atoms with E-state index in [2.05, 4.69) is 27.2 Å². The van der Waals surface area contributed by atoms with E-state index >= 15 is 0 Å². The van der Waals surface area contributed by atoms with Gasteiger partial charge in [-0.05, 0) is 7.05 Å². The van der Waals surface area contributed by atoms with Gasteiger partial charge in [-0.1, -0.05) is 0 Å². The summed E-state index contributed by atoms with van der Waals surface area (Å²) in [7, 11) is 5.54. The van der Waals surface area contributed by atoms with Crippen molar-refractivity contribution in [2.45, 2.75) is 12.5 Å². The lowest BCUT2D eigenvalue weighted by Crippen LogP contribution is -2.52. The van der Waals surface area contributed by atoms with Crippen LogP contribution in [0.15, 0.2) is 4.99 Å². The number of carbonyl (C=O) groups excluding carboxylic acids is 1. The molecule has 0 aromatic heterocycles. The molecule has 0 saturated carbocycles. The van der Waals surface area contributed by atoms with Crippen molar-refractivity contribution in [3.63, 3.8) is 0 Å². The number of aliphatic imine (C=N–C) groups is 1. The smallest absolute Gasteiger partial charge is 0.224 e. The molecule has 1 N–H and O–H groups in total. The van der Waals surface area contributed by atoms with Crippen LogP contribution in [0.3, 0.4) is 0 Å². The normalized spacial score (nSPS) is 23.5. The maximum Gasteiger partial charge on any atom is 0.224 e. The first-order chi connectivity index (χ1) is 11.6. The SMILES string of the molecule is CN=C(NCCC(=O)N1CCN(C)CC1)N1CCOC(COC)C1. The highest BCUT2D eigenvalue weighted by atomic mass is 16.5. The molecular weight excluding hydrogens is 310 g/mol. The molecule has 0 aromatic carbocycles. The quantitative estimate of drug-likeness (QED) is 0.515. The molecule has 2 aliphatic rings. The topological polar surface area (TPSA) is 69.6 Å². The molecule has 0 radical (unpaired) electrons. The van der Waals surface area contributed by atoms with Crippen LogP contribution < -0.4 is 5.32 Å². The maximum atomic E-state index is 12.3. The number of nitrogens with one attached hydrogen (secondary N) is 1. The second-order valence-electron chi connectivity index (χ2n) is 6.30. The van der Waals surface area contributed by atoms with E-state index < -0.39 is 0 Å². The van der Waals surface area contributed by atoms with Gasteiger partial charge in [0, 0.05) is 66.4 Å². The van der Waals surface area contributed by atoms with E-state index in [-0.39, 0.29) is 12.0 Å². The van der Waals surface area contributed by atoms with Crippen LogP contribution >= 0.6 is 0 Å². The van der Waals surface area contributed by atoms with Gasteiger partial charge in [0.25, 0.3) is 0 Å². The molecule has 0 aromatic rings. The first-order valence-electron chi connectivity index (χ1n) is 8.66. The Morgan fingerprint density at radius 1 is 1.25 bits per heavy atom. The number of amides is 1. The summed E-state index contributed by atoms with van der Waals surface area (Å²) in [6, 6.07) is 0. The summed E-state index contributed by atoms with van der Waals surface area (Å²) in [6.07, 6.45) is 0.559. The van der Waals surface area contributed by atoms with Crippen molar-refractivity contribution >= 4 is 11.9 Å². The number of nitrogens with zero attached hydrogens (tertiary/aromatic N) is 4. The van der Waals surface area contributed by atoms with Crippen LogP contribution in [-0.2, 0) is 14.3 Å². The third kappa shape index (κ3) is 5.61. The molecule has 2 aliphatic heterocycles. The van der Waals surface area contributed by atoms with E-state index in [1.807, 2.05) is 4.90 Å². The fraction of sp³-hybridized carbons (Fsp3) is 0.875. The van der Waals surface area contributed by atoms with Gasteiger partial charge in [-0.25, -0.2) is 0 Å². The molecule has 1 unspecified atom stereocenters. The third-order valence-electron chi connectivity index (χ3n) is 4.48. The second-order valence-corrected chi connectivity index (χ2v) is 6.30. The summed E-state index contributed by atoms with van der Waals surface area (Å²) >= 11 is 0. The minimum atomic E-state index is 0.0641. The van der Waals surface area contributed by atoms with E-state index in [4.69, 9.17) is 9.47 Å². The van der Waals surface area contributed by atoms with Crippen molar-refractivity contribution in [3.05, 3.63) is 0 Å². The number of ether oxygens (including phenoxy) is 2. The summed E-state index contributed by atoms with van der Waals surface area (Å²) in [5.74, 6) is 1.04. The summed E-state index contributed by atoms with van der Waals surface area (Å²) in [5, 5.41) is 3.30. The first kappa shape index (κ1) is 19.0. The highest BCUT2D eigenvalue weighted by molar-refractivity contribution is 5.81. The van der Waals surface area contributed by atoms with Crippen molar-refractivity contribution in [3.8, 4) is 0 Å². The van der Waals surface area contributed by atoms with E-state index in [0.29, 0.717) is 26.2 Å². The lowest BCUT2D eigenvalue weighted by molar-refractivity contribution is -0.132. The minimum absolute atomic E-state index is 0.0641. The Balaban J connectivity index is 1.72. The molecule has 0 aliphatic carbocycles. The summed E-state index contributed by atoms with van der Waals surface area (Å²) < 4.78 is 10.8.